The summed E-state index contributed by atoms with van der Waals surface area (Å²) >= 11 is 0. The number of rotatable bonds is 6. The van der Waals surface area contributed by atoms with Gasteiger partial charge in [0.25, 0.3) is 5.91 Å². The highest BCUT2D eigenvalue weighted by atomic mass is 19.4. The lowest BCUT2D eigenvalue weighted by Gasteiger charge is -2.16. The van der Waals surface area contributed by atoms with Gasteiger partial charge in [-0.25, -0.2) is 0 Å². The van der Waals surface area contributed by atoms with E-state index < -0.39 is 23.8 Å². The largest absolute Gasteiger partial charge is 0.416 e. The third kappa shape index (κ3) is 5.30. The topological polar surface area (TPSA) is 122 Å². The number of alkyl halides is 3. The normalized spacial score (nSPS) is 18.0. The minimum Gasteiger partial charge on any atom is -0.394 e. The summed E-state index contributed by atoms with van der Waals surface area (Å²) < 4.78 is 38.9. The number of H-pyrrole nitrogens is 2. The minimum absolute atomic E-state index is 0.0199. The van der Waals surface area contributed by atoms with E-state index in [1.165, 1.54) is 6.07 Å². The maximum absolute atomic E-state index is 13.0. The maximum Gasteiger partial charge on any atom is 0.416 e. The molecule has 0 bridgehead atoms. The molecular weight excluding hydrogens is 465 g/mol. The first-order valence-electron chi connectivity index (χ1n) is 11.1. The molecule has 3 aromatic rings. The van der Waals surface area contributed by atoms with Gasteiger partial charge in [0.05, 0.1) is 35.2 Å². The van der Waals surface area contributed by atoms with Crippen molar-refractivity contribution in [2.24, 2.45) is 4.99 Å². The molecule has 186 valence electrons. The van der Waals surface area contributed by atoms with Gasteiger partial charge in [-0.3, -0.25) is 9.59 Å². The number of nitrogens with one attached hydrogen (secondary N) is 2. The molecule has 0 radical (unpaired) electrons. The van der Waals surface area contributed by atoms with Gasteiger partial charge in [0.15, 0.2) is 0 Å². The predicted molar refractivity (Wildman–Crippen MR) is 120 cm³/mol. The lowest BCUT2D eigenvalue weighted by atomic mass is 9.90. The standard InChI is InChI=1S/C24H25F3N4O4/c1-31-8-7-17(22(31)35)18-11-20-19(10-13(18)5-6-16(33)12-32)28-23(29-20)30-21(34)14-3-2-4-15(9-14)24(25,26)27/h2-4,9-11,16-17,32-33H,5-8,12H2,1H3,(H2,28,29,30,34)/t16-,17-/m0/s1. The first-order chi connectivity index (χ1) is 16.6. The van der Waals surface area contributed by atoms with E-state index >= 15 is 0 Å². The predicted octanol–water partition coefficient (Wildman–Crippen LogP) is 2.49. The fourth-order valence-corrected chi connectivity index (χ4v) is 4.27. The third-order valence-corrected chi connectivity index (χ3v) is 6.20. The molecule has 35 heavy (non-hydrogen) atoms. The van der Waals surface area contributed by atoms with Gasteiger partial charge in [0.2, 0.25) is 11.5 Å². The maximum atomic E-state index is 13.0. The number of aliphatic hydroxyl groups is 2. The molecule has 0 spiro atoms. The Balaban J connectivity index is 1.72. The molecule has 1 aromatic heterocycles. The summed E-state index contributed by atoms with van der Waals surface area (Å²) in [6.45, 7) is 0.239. The van der Waals surface area contributed by atoms with Gasteiger partial charge in [-0.15, -0.1) is 0 Å². The second kappa shape index (κ2) is 9.67. The highest BCUT2D eigenvalue weighted by Gasteiger charge is 2.32. The van der Waals surface area contributed by atoms with Crippen LogP contribution in [-0.2, 0) is 17.4 Å². The van der Waals surface area contributed by atoms with E-state index in [0.29, 0.717) is 36.8 Å². The Morgan fingerprint density at radius 2 is 1.94 bits per heavy atom. The number of aromatic amines is 2. The van der Waals surface area contributed by atoms with Crippen molar-refractivity contribution in [3.63, 3.8) is 0 Å². The third-order valence-electron chi connectivity index (χ3n) is 6.20. The lowest BCUT2D eigenvalue weighted by molar-refractivity contribution is -0.137. The monoisotopic (exact) mass is 490 g/mol. The van der Waals surface area contributed by atoms with E-state index in [-0.39, 0.29) is 29.6 Å². The molecular formula is C24H25F3N4O4. The molecule has 2 heterocycles. The number of aliphatic hydroxyl groups excluding tert-OH is 2. The van der Waals surface area contributed by atoms with E-state index in [1.807, 2.05) is 0 Å². The number of likely N-dealkylation sites (N-methyl/N-ethyl adjacent to an activating group) is 1. The number of hydrogen-bond acceptors (Lipinski definition) is 4. The molecule has 1 aliphatic heterocycles. The van der Waals surface area contributed by atoms with Gasteiger partial charge >= 0.3 is 6.18 Å². The van der Waals surface area contributed by atoms with Crippen molar-refractivity contribution >= 4 is 22.8 Å². The fraction of sp³-hybridized carbons (Fsp3) is 0.375. The van der Waals surface area contributed by atoms with Gasteiger partial charge in [0, 0.05) is 19.2 Å². The van der Waals surface area contributed by atoms with E-state index in [9.17, 15) is 27.9 Å². The zero-order chi connectivity index (χ0) is 25.3. The van der Waals surface area contributed by atoms with E-state index in [0.717, 1.165) is 29.3 Å². The van der Waals surface area contributed by atoms with Gasteiger partial charge in [0.1, 0.15) is 0 Å². The van der Waals surface area contributed by atoms with Crippen molar-refractivity contribution in [3.05, 3.63) is 64.3 Å². The number of hydrogen-bond donors (Lipinski definition) is 4. The molecule has 1 aliphatic rings. The molecule has 11 heteroatoms. The van der Waals surface area contributed by atoms with Crippen molar-refractivity contribution < 1.29 is 33.0 Å². The summed E-state index contributed by atoms with van der Waals surface area (Å²) in [6, 6.07) is 7.63. The van der Waals surface area contributed by atoms with Crippen LogP contribution in [0.3, 0.4) is 0 Å². The summed E-state index contributed by atoms with van der Waals surface area (Å²) in [7, 11) is 1.73. The highest BCUT2D eigenvalue weighted by molar-refractivity contribution is 5.95. The second-order valence-corrected chi connectivity index (χ2v) is 8.67. The van der Waals surface area contributed by atoms with Crippen molar-refractivity contribution in [1.82, 2.24) is 14.9 Å². The molecule has 4 rings (SSSR count). The molecule has 1 fully saturated rings. The molecule has 2 aromatic carbocycles. The Labute approximate surface area is 198 Å². The first-order valence-corrected chi connectivity index (χ1v) is 11.1. The van der Waals surface area contributed by atoms with E-state index in [4.69, 9.17) is 5.11 Å². The minimum atomic E-state index is -4.58. The van der Waals surface area contributed by atoms with E-state index in [1.54, 1.807) is 24.1 Å². The molecule has 0 aliphatic carbocycles. The molecule has 2 amide bonds. The summed E-state index contributed by atoms with van der Waals surface area (Å²) in [4.78, 5) is 36.6. The second-order valence-electron chi connectivity index (χ2n) is 8.67. The number of nitrogens with zero attached hydrogens (tertiary/aromatic N) is 2. The number of aryl methyl sites for hydroxylation is 1. The Morgan fingerprint density at radius 3 is 2.57 bits per heavy atom. The average Bonchev–Trinajstić information content (AvgIpc) is 3.37. The van der Waals surface area contributed by atoms with Crippen LogP contribution in [0, 0.1) is 0 Å². The van der Waals surface area contributed by atoms with Crippen molar-refractivity contribution in [2.75, 3.05) is 20.2 Å². The van der Waals surface area contributed by atoms with Crippen LogP contribution in [0.4, 0.5) is 13.2 Å². The van der Waals surface area contributed by atoms with Crippen LogP contribution in [0.25, 0.3) is 11.0 Å². The van der Waals surface area contributed by atoms with Crippen LogP contribution >= 0.6 is 0 Å². The van der Waals surface area contributed by atoms with E-state index in [2.05, 4.69) is 15.0 Å². The fourth-order valence-electron chi connectivity index (χ4n) is 4.27. The number of fused-ring (bicyclic) bond motifs is 1. The summed E-state index contributed by atoms with van der Waals surface area (Å²) in [6.07, 6.45) is -4.14. The summed E-state index contributed by atoms with van der Waals surface area (Å²) in [5.41, 5.74) is 1.65. The number of carbonyl (C=O) groups excluding carboxylic acids is 2. The molecule has 1 saturated heterocycles. The van der Waals surface area contributed by atoms with Crippen LogP contribution in [0.2, 0.25) is 0 Å². The van der Waals surface area contributed by atoms with Crippen molar-refractivity contribution in [3.8, 4) is 0 Å². The summed E-state index contributed by atoms with van der Waals surface area (Å²) in [5.74, 6) is -1.23. The number of benzene rings is 2. The number of carbonyl (C=O) groups is 2. The number of likely N-dealkylation sites (tertiary alicyclic amines) is 1. The Hall–Kier alpha value is -3.44. The smallest absolute Gasteiger partial charge is 0.394 e. The van der Waals surface area contributed by atoms with Gasteiger partial charge < -0.3 is 25.1 Å². The zero-order valence-corrected chi connectivity index (χ0v) is 18.9. The Kier molecular flexibility index (Phi) is 6.82. The van der Waals surface area contributed by atoms with Crippen LogP contribution in [0.5, 0.6) is 0 Å². The Bertz CT molecular complexity index is 1330. The summed E-state index contributed by atoms with van der Waals surface area (Å²) in [5, 5.41) is 19.0. The highest BCUT2D eigenvalue weighted by Crippen LogP contribution is 2.33. The van der Waals surface area contributed by atoms with Crippen molar-refractivity contribution in [1.29, 1.82) is 0 Å². The molecule has 0 saturated carbocycles. The van der Waals surface area contributed by atoms with Crippen LogP contribution < -0.4 is 5.62 Å². The van der Waals surface area contributed by atoms with Crippen LogP contribution in [0.15, 0.2) is 41.4 Å². The number of halogens is 3. The zero-order valence-electron chi connectivity index (χ0n) is 18.9. The molecule has 8 nitrogen and oxygen atoms in total. The SMILES string of the molecule is CN1CC[C@@H](c2cc3[nH]/c(=N/C(=O)c4cccc(C(F)(F)F)c4)[nH]c3cc2CC[C@H](O)CO)C1=O. The molecule has 2 atom stereocenters. The Morgan fingerprint density at radius 1 is 1.23 bits per heavy atom. The quantitative estimate of drug-likeness (QED) is 0.424. The number of aromatic nitrogens is 2. The van der Waals surface area contributed by atoms with Crippen molar-refractivity contribution in [2.45, 2.75) is 37.5 Å². The average molecular weight is 490 g/mol. The molecule has 4 N–H and O–H groups in total. The van der Waals surface area contributed by atoms with Gasteiger partial charge in [-0.2, -0.15) is 18.2 Å². The molecule has 0 unspecified atom stereocenters. The van der Waals surface area contributed by atoms with Gasteiger partial charge in [-0.05, 0) is 60.7 Å². The van der Waals surface area contributed by atoms with Crippen LogP contribution in [-0.4, -0.2) is 63.2 Å². The first kappa shape index (κ1) is 24.7. The number of amides is 2. The number of imidazole rings is 1. The lowest BCUT2D eigenvalue weighted by Crippen LogP contribution is -2.22. The van der Waals surface area contributed by atoms with Gasteiger partial charge in [-0.1, -0.05) is 6.07 Å². The van der Waals surface area contributed by atoms with Crippen LogP contribution in [0.1, 0.15) is 45.8 Å².